The second kappa shape index (κ2) is 10.9. The molecule has 1 aliphatic carbocycles. The normalized spacial score (nSPS) is 20.8. The molecule has 0 spiro atoms. The van der Waals surface area contributed by atoms with Crippen LogP contribution in [-0.4, -0.2) is 39.6 Å². The molecule has 5 rings (SSSR count). The van der Waals surface area contributed by atoms with E-state index in [-0.39, 0.29) is 5.91 Å². The van der Waals surface area contributed by atoms with Crippen molar-refractivity contribution in [3.05, 3.63) is 47.4 Å². The van der Waals surface area contributed by atoms with E-state index in [9.17, 15) is 4.79 Å². The number of benzene rings is 1. The van der Waals surface area contributed by atoms with Gasteiger partial charge in [-0.25, -0.2) is 15.0 Å². The Hall–Kier alpha value is -2.76. The van der Waals surface area contributed by atoms with E-state index in [0.717, 1.165) is 42.5 Å². The van der Waals surface area contributed by atoms with E-state index >= 15 is 0 Å². The predicted molar refractivity (Wildman–Crippen MR) is 134 cm³/mol. The zero-order valence-electron chi connectivity index (χ0n) is 20.1. The van der Waals surface area contributed by atoms with Crippen LogP contribution in [0.25, 0.3) is 0 Å². The summed E-state index contributed by atoms with van der Waals surface area (Å²) in [6, 6.07) is 9.04. The largest absolute Gasteiger partial charge is 0.382 e. The average molecular weight is 448 g/mol. The first kappa shape index (κ1) is 23.4. The first-order chi connectivity index (χ1) is 16.0. The van der Waals surface area contributed by atoms with Gasteiger partial charge in [0, 0.05) is 32.4 Å². The maximum atomic E-state index is 10.7. The number of carbonyl (C=O) groups excluding carboxylic acids is 1. The molecule has 6 heteroatoms. The molecule has 3 heterocycles. The smallest absolute Gasteiger partial charge is 0.219 e. The lowest BCUT2D eigenvalue weighted by molar-refractivity contribution is -0.129. The first-order valence-corrected chi connectivity index (χ1v) is 12.6. The Morgan fingerprint density at radius 1 is 0.970 bits per heavy atom. The van der Waals surface area contributed by atoms with E-state index in [4.69, 9.17) is 10.7 Å². The SMILES string of the molecule is CC(=O)N1CCCCC1.CC1Cc2ncnc(N)c2N=C1c1ccc(C2CCCCC2)cc1. The van der Waals surface area contributed by atoms with Gasteiger partial charge in [0.05, 0.1) is 11.4 Å². The van der Waals surface area contributed by atoms with Gasteiger partial charge < -0.3 is 10.6 Å². The van der Waals surface area contributed by atoms with Crippen LogP contribution in [0, 0.1) is 5.92 Å². The van der Waals surface area contributed by atoms with Gasteiger partial charge in [0.2, 0.25) is 5.91 Å². The molecule has 2 fully saturated rings. The van der Waals surface area contributed by atoms with Crippen LogP contribution in [0.3, 0.4) is 0 Å². The van der Waals surface area contributed by atoms with Crippen molar-refractivity contribution in [2.75, 3.05) is 18.8 Å². The minimum atomic E-state index is 0.231. The summed E-state index contributed by atoms with van der Waals surface area (Å²) in [7, 11) is 0. The molecule has 1 saturated carbocycles. The van der Waals surface area contributed by atoms with E-state index in [1.54, 1.807) is 6.92 Å². The molecule has 1 amide bonds. The topological polar surface area (TPSA) is 84.5 Å². The van der Waals surface area contributed by atoms with Crippen LogP contribution in [0.4, 0.5) is 11.5 Å². The van der Waals surface area contributed by atoms with Gasteiger partial charge >= 0.3 is 0 Å². The minimum Gasteiger partial charge on any atom is -0.382 e. The Morgan fingerprint density at radius 2 is 1.64 bits per heavy atom. The van der Waals surface area contributed by atoms with Crippen LogP contribution >= 0.6 is 0 Å². The number of carbonyl (C=O) groups is 1. The lowest BCUT2D eigenvalue weighted by Gasteiger charge is -2.24. The Bertz CT molecular complexity index is 973. The number of nitrogens with zero attached hydrogens (tertiary/aromatic N) is 4. The average Bonchev–Trinajstić information content (AvgIpc) is 2.85. The van der Waals surface area contributed by atoms with Gasteiger partial charge in [0.25, 0.3) is 0 Å². The Kier molecular flexibility index (Phi) is 7.73. The number of fused-ring (bicyclic) bond motifs is 1. The number of hydrogen-bond acceptors (Lipinski definition) is 5. The third kappa shape index (κ3) is 5.79. The van der Waals surface area contributed by atoms with E-state index < -0.39 is 0 Å². The molecule has 0 bridgehead atoms. The Balaban J connectivity index is 0.000000243. The highest BCUT2D eigenvalue weighted by Crippen LogP contribution is 2.35. The van der Waals surface area contributed by atoms with Crippen LogP contribution in [0.2, 0.25) is 0 Å². The van der Waals surface area contributed by atoms with Gasteiger partial charge in [0.15, 0.2) is 5.82 Å². The molecule has 0 radical (unpaired) electrons. The van der Waals surface area contributed by atoms with Crippen molar-refractivity contribution in [2.24, 2.45) is 10.9 Å². The lowest BCUT2D eigenvalue weighted by Crippen LogP contribution is -2.33. The van der Waals surface area contributed by atoms with Crippen LogP contribution < -0.4 is 5.73 Å². The Morgan fingerprint density at radius 3 is 2.27 bits per heavy atom. The fourth-order valence-electron chi connectivity index (χ4n) is 5.24. The number of likely N-dealkylation sites (tertiary alicyclic amines) is 1. The van der Waals surface area contributed by atoms with Crippen molar-refractivity contribution in [3.63, 3.8) is 0 Å². The van der Waals surface area contributed by atoms with E-state index in [0.29, 0.717) is 11.7 Å². The molecular formula is C27H37N5O. The van der Waals surface area contributed by atoms with Gasteiger partial charge in [-0.1, -0.05) is 50.5 Å². The van der Waals surface area contributed by atoms with Crippen molar-refractivity contribution in [1.29, 1.82) is 0 Å². The van der Waals surface area contributed by atoms with Crippen LogP contribution in [0.1, 0.15) is 88.0 Å². The highest BCUT2D eigenvalue weighted by Gasteiger charge is 2.24. The molecule has 1 aromatic carbocycles. The summed E-state index contributed by atoms with van der Waals surface area (Å²) < 4.78 is 0. The predicted octanol–water partition coefficient (Wildman–Crippen LogP) is 5.44. The van der Waals surface area contributed by atoms with E-state index in [2.05, 4.69) is 41.2 Å². The van der Waals surface area contributed by atoms with Gasteiger partial charge in [-0.2, -0.15) is 0 Å². The third-order valence-corrected chi connectivity index (χ3v) is 7.21. The van der Waals surface area contributed by atoms with Crippen molar-refractivity contribution in [1.82, 2.24) is 14.9 Å². The standard InChI is InChI=1S/C20H24N4.C7H13NO/c1-13-11-17-19(20(21)23-12-22-17)24-18(13)16-9-7-15(8-10-16)14-5-3-2-4-6-14;1-7(9)8-5-3-2-4-6-8/h7-10,12-14H,2-6,11H2,1H3,(H2,21,22,23);2-6H2,1H3. The molecule has 3 aliphatic rings. The van der Waals surface area contributed by atoms with Gasteiger partial charge in [-0.3, -0.25) is 4.79 Å². The quantitative estimate of drug-likeness (QED) is 0.664. The summed E-state index contributed by atoms with van der Waals surface area (Å²) in [6.45, 7) is 5.81. The number of rotatable bonds is 2. The number of amides is 1. The van der Waals surface area contributed by atoms with Crippen LogP contribution in [0.5, 0.6) is 0 Å². The van der Waals surface area contributed by atoms with E-state index in [1.165, 1.54) is 68.8 Å². The summed E-state index contributed by atoms with van der Waals surface area (Å²) in [5.74, 6) is 1.79. The van der Waals surface area contributed by atoms with Crippen molar-refractivity contribution in [2.45, 2.75) is 77.6 Å². The fraction of sp³-hybridized carbons (Fsp3) is 0.556. The molecule has 1 saturated heterocycles. The molecule has 2 aliphatic heterocycles. The molecule has 1 atom stereocenters. The molecule has 1 unspecified atom stereocenters. The zero-order valence-corrected chi connectivity index (χ0v) is 20.1. The minimum absolute atomic E-state index is 0.231. The van der Waals surface area contributed by atoms with Crippen molar-refractivity contribution < 1.29 is 4.79 Å². The molecule has 2 aromatic rings. The second-order valence-electron chi connectivity index (χ2n) is 9.68. The molecule has 6 nitrogen and oxygen atoms in total. The lowest BCUT2D eigenvalue weighted by atomic mass is 9.83. The van der Waals surface area contributed by atoms with Crippen molar-refractivity contribution >= 4 is 23.1 Å². The zero-order chi connectivity index (χ0) is 23.2. The van der Waals surface area contributed by atoms with Gasteiger partial charge in [-0.05, 0) is 49.1 Å². The fourth-order valence-corrected chi connectivity index (χ4v) is 5.24. The Labute approximate surface area is 197 Å². The van der Waals surface area contributed by atoms with Gasteiger partial charge in [0.1, 0.15) is 12.0 Å². The molecule has 2 N–H and O–H groups in total. The maximum absolute atomic E-state index is 10.7. The molecule has 176 valence electrons. The van der Waals surface area contributed by atoms with Crippen LogP contribution in [0.15, 0.2) is 35.6 Å². The third-order valence-electron chi connectivity index (χ3n) is 7.21. The molecular weight excluding hydrogens is 410 g/mol. The number of aliphatic imine (C=N–C) groups is 1. The summed E-state index contributed by atoms with van der Waals surface area (Å²) >= 11 is 0. The second-order valence-corrected chi connectivity index (χ2v) is 9.68. The maximum Gasteiger partial charge on any atom is 0.219 e. The molecule has 33 heavy (non-hydrogen) atoms. The highest BCUT2D eigenvalue weighted by atomic mass is 16.2. The van der Waals surface area contributed by atoms with E-state index in [1.807, 2.05) is 4.90 Å². The van der Waals surface area contributed by atoms with Crippen LogP contribution in [-0.2, 0) is 11.2 Å². The van der Waals surface area contributed by atoms with Gasteiger partial charge in [-0.15, -0.1) is 0 Å². The highest BCUT2D eigenvalue weighted by molar-refractivity contribution is 6.05. The monoisotopic (exact) mass is 447 g/mol. The number of hydrogen-bond donors (Lipinski definition) is 1. The number of aromatic nitrogens is 2. The molecule has 1 aromatic heterocycles. The summed E-state index contributed by atoms with van der Waals surface area (Å²) in [6.07, 6.45) is 12.9. The van der Waals surface area contributed by atoms with Crippen molar-refractivity contribution in [3.8, 4) is 0 Å². The first-order valence-electron chi connectivity index (χ1n) is 12.6. The summed E-state index contributed by atoms with van der Waals surface area (Å²) in [5, 5.41) is 0. The summed E-state index contributed by atoms with van der Waals surface area (Å²) in [5.41, 5.74) is 11.5. The number of nitrogens with two attached hydrogens (primary N) is 1. The number of nitrogen functional groups attached to an aromatic ring is 1. The number of piperidine rings is 1. The number of anilines is 1. The summed E-state index contributed by atoms with van der Waals surface area (Å²) in [4.78, 5) is 25.9.